The number of nitrogens with one attached hydrogen (secondary N) is 3. The summed E-state index contributed by atoms with van der Waals surface area (Å²) in [7, 11) is 0. The summed E-state index contributed by atoms with van der Waals surface area (Å²) in [4.78, 5) is 21.0. The topological polar surface area (TPSA) is 83.3 Å². The first-order valence-corrected chi connectivity index (χ1v) is 10.4. The zero-order chi connectivity index (χ0) is 19.8. The van der Waals surface area contributed by atoms with Gasteiger partial charge in [0.05, 0.1) is 11.0 Å². The molecule has 7 nitrogen and oxygen atoms in total. The van der Waals surface area contributed by atoms with E-state index in [-0.39, 0.29) is 29.9 Å². The fourth-order valence-corrected chi connectivity index (χ4v) is 3.22. The van der Waals surface area contributed by atoms with Crippen molar-refractivity contribution in [3.63, 3.8) is 0 Å². The van der Waals surface area contributed by atoms with Crippen molar-refractivity contribution in [1.29, 1.82) is 0 Å². The maximum absolute atomic E-state index is 11.7. The first-order chi connectivity index (χ1) is 13.7. The summed E-state index contributed by atoms with van der Waals surface area (Å²) in [6, 6.07) is 8.68. The van der Waals surface area contributed by atoms with Crippen molar-refractivity contribution < 1.29 is 4.79 Å². The van der Waals surface area contributed by atoms with Gasteiger partial charge < -0.3 is 20.5 Å². The van der Waals surface area contributed by atoms with Crippen LogP contribution in [0.15, 0.2) is 29.3 Å². The third kappa shape index (κ3) is 7.49. The Bertz CT molecular complexity index is 815. The molecule has 0 unspecified atom stereocenters. The molecule has 0 spiro atoms. The van der Waals surface area contributed by atoms with E-state index in [9.17, 15) is 4.79 Å². The Kier molecular flexibility index (Phi) is 9.69. The van der Waals surface area contributed by atoms with E-state index in [0.717, 1.165) is 69.2 Å². The van der Waals surface area contributed by atoms with Crippen LogP contribution in [0.5, 0.6) is 0 Å². The molecule has 29 heavy (non-hydrogen) atoms. The van der Waals surface area contributed by atoms with Gasteiger partial charge in [-0.1, -0.05) is 12.1 Å². The van der Waals surface area contributed by atoms with Crippen LogP contribution < -0.4 is 16.0 Å². The van der Waals surface area contributed by atoms with Gasteiger partial charge in [0, 0.05) is 38.6 Å². The molecule has 1 aliphatic rings. The lowest BCUT2D eigenvalue weighted by molar-refractivity contribution is -0.121. The van der Waals surface area contributed by atoms with Gasteiger partial charge in [-0.05, 0) is 51.7 Å². The third-order valence-electron chi connectivity index (χ3n) is 4.81. The summed E-state index contributed by atoms with van der Waals surface area (Å²) in [6.45, 7) is 7.31. The highest BCUT2D eigenvalue weighted by atomic mass is 127. The van der Waals surface area contributed by atoms with Crippen LogP contribution >= 0.6 is 24.0 Å². The molecular formula is C21H33IN6O. The maximum atomic E-state index is 11.7. The van der Waals surface area contributed by atoms with Crippen molar-refractivity contribution in [2.45, 2.75) is 58.5 Å². The summed E-state index contributed by atoms with van der Waals surface area (Å²) in [5, 5.41) is 9.61. The summed E-state index contributed by atoms with van der Waals surface area (Å²) in [5.74, 6) is 2.02. The number of aromatic nitrogens is 2. The number of nitrogens with zero attached hydrogens (tertiary/aromatic N) is 3. The number of aryl methyl sites for hydroxylation is 2. The van der Waals surface area contributed by atoms with Crippen molar-refractivity contribution in [1.82, 2.24) is 25.5 Å². The molecule has 8 heteroatoms. The van der Waals surface area contributed by atoms with E-state index in [0.29, 0.717) is 12.5 Å². The van der Waals surface area contributed by atoms with Crippen LogP contribution in [0.2, 0.25) is 0 Å². The van der Waals surface area contributed by atoms with Gasteiger partial charge in [-0.2, -0.15) is 0 Å². The lowest BCUT2D eigenvalue weighted by atomic mass is 10.3. The molecule has 0 bridgehead atoms. The van der Waals surface area contributed by atoms with E-state index >= 15 is 0 Å². The smallest absolute Gasteiger partial charge is 0.220 e. The van der Waals surface area contributed by atoms with Gasteiger partial charge in [0.15, 0.2) is 5.96 Å². The van der Waals surface area contributed by atoms with Gasteiger partial charge in [0.25, 0.3) is 0 Å². The Balaban J connectivity index is 0.00000300. The van der Waals surface area contributed by atoms with E-state index in [1.807, 2.05) is 13.0 Å². The number of aliphatic imine (C=N–C) groups is 1. The molecule has 0 atom stereocenters. The Morgan fingerprint density at radius 3 is 2.79 bits per heavy atom. The lowest BCUT2D eigenvalue weighted by Gasteiger charge is -2.11. The quantitative estimate of drug-likeness (QED) is 0.198. The fourth-order valence-electron chi connectivity index (χ4n) is 3.22. The summed E-state index contributed by atoms with van der Waals surface area (Å²) in [6.07, 6.45) is 4.59. The Morgan fingerprint density at radius 2 is 2.03 bits per heavy atom. The molecule has 3 rings (SSSR count). The van der Waals surface area contributed by atoms with Crippen LogP contribution in [-0.4, -0.2) is 47.1 Å². The van der Waals surface area contributed by atoms with Crippen molar-refractivity contribution in [2.75, 3.05) is 19.6 Å². The summed E-state index contributed by atoms with van der Waals surface area (Å²) in [5.41, 5.74) is 2.22. The Labute approximate surface area is 190 Å². The number of guanidine groups is 1. The normalized spacial score (nSPS) is 13.8. The predicted octanol–water partition coefficient (Wildman–Crippen LogP) is 2.97. The number of fused-ring (bicyclic) bond motifs is 1. The van der Waals surface area contributed by atoms with Gasteiger partial charge in [0.2, 0.25) is 5.91 Å². The molecule has 1 aliphatic carbocycles. The highest BCUT2D eigenvalue weighted by molar-refractivity contribution is 14.0. The third-order valence-corrected chi connectivity index (χ3v) is 4.81. The molecule has 160 valence electrons. The molecule has 0 aliphatic heterocycles. The second kappa shape index (κ2) is 12.0. The molecule has 1 aromatic heterocycles. The van der Waals surface area contributed by atoms with Crippen LogP contribution in [-0.2, 0) is 11.3 Å². The summed E-state index contributed by atoms with van der Waals surface area (Å²) >= 11 is 0. The Morgan fingerprint density at radius 1 is 1.24 bits per heavy atom. The number of benzene rings is 1. The SMILES string of the molecule is CCNC(=NCCCn1c(C)nc2ccccc21)NCCCC(=O)NC1CC1.I. The van der Waals surface area contributed by atoms with Crippen molar-refractivity contribution in [2.24, 2.45) is 4.99 Å². The Hall–Kier alpha value is -1.84. The molecule has 3 N–H and O–H groups in total. The van der Waals surface area contributed by atoms with E-state index < -0.39 is 0 Å². The first kappa shape index (κ1) is 23.4. The number of halogens is 1. The van der Waals surface area contributed by atoms with Gasteiger partial charge in [-0.3, -0.25) is 9.79 Å². The fraction of sp³-hybridized carbons (Fsp3) is 0.571. The highest BCUT2D eigenvalue weighted by Crippen LogP contribution is 2.18. The van der Waals surface area contributed by atoms with Crippen molar-refractivity contribution in [3.8, 4) is 0 Å². The molecule has 1 amide bonds. The zero-order valence-electron chi connectivity index (χ0n) is 17.4. The molecule has 1 heterocycles. The van der Waals surface area contributed by atoms with Gasteiger partial charge in [-0.25, -0.2) is 4.98 Å². The second-order valence-corrected chi connectivity index (χ2v) is 7.29. The molecular weight excluding hydrogens is 479 g/mol. The molecule has 0 saturated heterocycles. The standard InChI is InChI=1S/C21H32N6O.HI/c1-3-22-21(23-13-6-10-20(28)26-17-11-12-17)24-14-7-15-27-16(2)25-18-8-4-5-9-19(18)27;/h4-5,8-9,17H,3,6-7,10-15H2,1-2H3,(H,26,28)(H2,22,23,24);1H. The van der Waals surface area contributed by atoms with E-state index in [2.05, 4.69) is 55.6 Å². The van der Waals surface area contributed by atoms with Crippen LogP contribution in [0.3, 0.4) is 0 Å². The largest absolute Gasteiger partial charge is 0.357 e. The maximum Gasteiger partial charge on any atom is 0.220 e. The minimum absolute atomic E-state index is 0. The summed E-state index contributed by atoms with van der Waals surface area (Å²) < 4.78 is 2.25. The van der Waals surface area contributed by atoms with E-state index in [4.69, 9.17) is 0 Å². The van der Waals surface area contributed by atoms with Gasteiger partial charge in [0.1, 0.15) is 5.82 Å². The highest BCUT2D eigenvalue weighted by Gasteiger charge is 2.22. The number of imidazole rings is 1. The molecule has 1 aromatic carbocycles. The minimum atomic E-state index is 0. The second-order valence-electron chi connectivity index (χ2n) is 7.29. The number of para-hydroxylation sites is 2. The van der Waals surface area contributed by atoms with Crippen LogP contribution in [0, 0.1) is 6.92 Å². The number of carbonyl (C=O) groups is 1. The van der Waals surface area contributed by atoms with Crippen LogP contribution in [0.4, 0.5) is 0 Å². The van der Waals surface area contributed by atoms with Crippen LogP contribution in [0.1, 0.15) is 44.9 Å². The van der Waals surface area contributed by atoms with Crippen LogP contribution in [0.25, 0.3) is 11.0 Å². The number of hydrogen-bond acceptors (Lipinski definition) is 3. The van der Waals surface area contributed by atoms with Gasteiger partial charge >= 0.3 is 0 Å². The number of carbonyl (C=O) groups excluding carboxylic acids is 1. The van der Waals surface area contributed by atoms with Crippen molar-refractivity contribution >= 4 is 46.9 Å². The lowest BCUT2D eigenvalue weighted by Crippen LogP contribution is -2.38. The number of rotatable bonds is 10. The molecule has 1 fully saturated rings. The average Bonchev–Trinajstić information content (AvgIpc) is 3.43. The minimum Gasteiger partial charge on any atom is -0.357 e. The van der Waals surface area contributed by atoms with Gasteiger partial charge in [-0.15, -0.1) is 24.0 Å². The molecule has 1 saturated carbocycles. The van der Waals surface area contributed by atoms with E-state index in [1.165, 1.54) is 5.52 Å². The monoisotopic (exact) mass is 512 g/mol. The average molecular weight is 512 g/mol. The zero-order valence-corrected chi connectivity index (χ0v) is 19.7. The molecule has 0 radical (unpaired) electrons. The number of hydrogen-bond donors (Lipinski definition) is 3. The first-order valence-electron chi connectivity index (χ1n) is 10.4. The predicted molar refractivity (Wildman–Crippen MR) is 129 cm³/mol. The molecule has 2 aromatic rings. The van der Waals surface area contributed by atoms with E-state index in [1.54, 1.807) is 0 Å². The van der Waals surface area contributed by atoms with Crippen molar-refractivity contribution in [3.05, 3.63) is 30.1 Å². The number of amides is 1.